The summed E-state index contributed by atoms with van der Waals surface area (Å²) in [5, 5.41) is 4.76. The van der Waals surface area contributed by atoms with E-state index in [9.17, 15) is 22.8 Å². The zero-order valence-corrected chi connectivity index (χ0v) is 13.2. The third-order valence-corrected chi connectivity index (χ3v) is 4.26. The lowest BCUT2D eigenvalue weighted by atomic mass is 10.0. The molecule has 1 saturated heterocycles. The van der Waals surface area contributed by atoms with E-state index >= 15 is 0 Å². The van der Waals surface area contributed by atoms with Gasteiger partial charge in [0, 0.05) is 0 Å². The van der Waals surface area contributed by atoms with Crippen LogP contribution in [0, 0.1) is 0 Å². The first-order chi connectivity index (χ1) is 11.2. The fraction of sp³-hybridized carbons (Fsp3) is 0.308. The number of rotatable bonds is 6. The van der Waals surface area contributed by atoms with Gasteiger partial charge in [-0.1, -0.05) is 30.3 Å². The highest BCUT2D eigenvalue weighted by molar-refractivity contribution is 7.84. The van der Waals surface area contributed by atoms with Crippen molar-refractivity contribution in [1.29, 1.82) is 0 Å². The van der Waals surface area contributed by atoms with Gasteiger partial charge in [-0.15, -0.1) is 0 Å². The largest absolute Gasteiger partial charge is 0.362 e. The Morgan fingerprint density at radius 2 is 1.96 bits per heavy atom. The standard InChI is InChI=1S/C13H16N4O6S/c14-6-10(18)16-11(8-4-2-1-3-5-8)12(19)15-9-7-17(13(9)20)24(21,22)23/h1-5,9,11H,6-7,14H2,(H,15,19)(H,16,18)(H,21,22,23)/t9-,11?/m0/s1. The van der Waals surface area contributed by atoms with Gasteiger partial charge in [-0.3, -0.25) is 18.9 Å². The Morgan fingerprint density at radius 3 is 2.46 bits per heavy atom. The van der Waals surface area contributed by atoms with Gasteiger partial charge in [0.05, 0.1) is 13.1 Å². The quantitative estimate of drug-likeness (QED) is 0.336. The van der Waals surface area contributed by atoms with Crippen molar-refractivity contribution < 1.29 is 27.4 Å². The summed E-state index contributed by atoms with van der Waals surface area (Å²) in [6.07, 6.45) is 0. The second-order valence-electron chi connectivity index (χ2n) is 5.02. The highest BCUT2D eigenvalue weighted by Crippen LogP contribution is 2.17. The molecule has 0 aliphatic carbocycles. The molecule has 2 rings (SSSR count). The number of hydrogen-bond acceptors (Lipinski definition) is 6. The fourth-order valence-electron chi connectivity index (χ4n) is 2.13. The maximum absolute atomic E-state index is 12.4. The van der Waals surface area contributed by atoms with E-state index in [-0.39, 0.29) is 17.4 Å². The van der Waals surface area contributed by atoms with E-state index in [0.717, 1.165) is 0 Å². The molecule has 1 fully saturated rings. The number of nitrogens with zero attached hydrogens (tertiary/aromatic N) is 1. The predicted molar refractivity (Wildman–Crippen MR) is 81.6 cm³/mol. The Kier molecular flexibility index (Phi) is 5.17. The van der Waals surface area contributed by atoms with Gasteiger partial charge in [-0.25, -0.2) is 4.31 Å². The average molecular weight is 356 g/mol. The Labute approximate surface area is 137 Å². The van der Waals surface area contributed by atoms with Crippen molar-refractivity contribution >= 4 is 28.0 Å². The number of carbonyl (C=O) groups excluding carboxylic acids is 3. The molecule has 1 aromatic carbocycles. The van der Waals surface area contributed by atoms with Crippen molar-refractivity contribution in [3.8, 4) is 0 Å². The Bertz CT molecular complexity index is 751. The zero-order chi connectivity index (χ0) is 17.9. The van der Waals surface area contributed by atoms with Crippen LogP contribution in [0.25, 0.3) is 0 Å². The lowest BCUT2D eigenvalue weighted by Gasteiger charge is -2.36. The molecule has 24 heavy (non-hydrogen) atoms. The van der Waals surface area contributed by atoms with Gasteiger partial charge in [-0.2, -0.15) is 8.42 Å². The molecule has 0 aromatic heterocycles. The Hall–Kier alpha value is -2.50. The normalized spacial score (nSPS) is 18.5. The van der Waals surface area contributed by atoms with Crippen molar-refractivity contribution in [2.45, 2.75) is 12.1 Å². The highest BCUT2D eigenvalue weighted by Gasteiger charge is 2.45. The van der Waals surface area contributed by atoms with Crippen molar-refractivity contribution in [3.63, 3.8) is 0 Å². The predicted octanol–water partition coefficient (Wildman–Crippen LogP) is -2.07. The maximum atomic E-state index is 12.4. The number of hydrogen-bond donors (Lipinski definition) is 4. The smallest absolute Gasteiger partial charge is 0.341 e. The van der Waals surface area contributed by atoms with E-state index in [4.69, 9.17) is 10.3 Å². The van der Waals surface area contributed by atoms with Gasteiger partial charge in [0.2, 0.25) is 11.8 Å². The Balaban J connectivity index is 2.09. The van der Waals surface area contributed by atoms with Crippen LogP contribution in [0.1, 0.15) is 11.6 Å². The summed E-state index contributed by atoms with van der Waals surface area (Å²) in [6, 6.07) is 6.08. The van der Waals surface area contributed by atoms with Crippen molar-refractivity contribution in [2.75, 3.05) is 13.1 Å². The molecule has 3 amide bonds. The minimum absolute atomic E-state index is 0.230. The molecule has 1 aromatic rings. The number of carbonyl (C=O) groups is 3. The number of β-lactam (4-membered cyclic amide) rings is 1. The minimum atomic E-state index is -4.63. The number of nitrogens with two attached hydrogens (primary N) is 1. The summed E-state index contributed by atoms with van der Waals surface area (Å²) < 4.78 is 30.8. The van der Waals surface area contributed by atoms with Crippen LogP contribution in [-0.2, 0) is 24.7 Å². The highest BCUT2D eigenvalue weighted by atomic mass is 32.2. The average Bonchev–Trinajstić information content (AvgIpc) is 2.54. The third kappa shape index (κ3) is 3.88. The Morgan fingerprint density at radius 1 is 1.33 bits per heavy atom. The minimum Gasteiger partial charge on any atom is -0.341 e. The maximum Gasteiger partial charge on any atom is 0.362 e. The summed E-state index contributed by atoms with van der Waals surface area (Å²) >= 11 is 0. The first-order valence-electron chi connectivity index (χ1n) is 6.87. The first kappa shape index (κ1) is 17.8. The van der Waals surface area contributed by atoms with E-state index in [1.807, 2.05) is 0 Å². The molecule has 0 saturated carbocycles. The molecule has 1 aliphatic heterocycles. The van der Waals surface area contributed by atoms with Gasteiger partial charge in [-0.05, 0) is 5.56 Å². The lowest BCUT2D eigenvalue weighted by Crippen LogP contribution is -2.66. The van der Waals surface area contributed by atoms with Crippen LogP contribution in [0.3, 0.4) is 0 Å². The molecule has 2 atom stereocenters. The van der Waals surface area contributed by atoms with Crippen LogP contribution in [0.5, 0.6) is 0 Å². The summed E-state index contributed by atoms with van der Waals surface area (Å²) in [5.74, 6) is -2.22. The van der Waals surface area contributed by atoms with Gasteiger partial charge in [0.25, 0.3) is 5.91 Å². The van der Waals surface area contributed by atoms with Gasteiger partial charge >= 0.3 is 10.3 Å². The van der Waals surface area contributed by atoms with Crippen LogP contribution in [-0.4, -0.2) is 54.1 Å². The summed E-state index contributed by atoms with van der Waals surface area (Å²) in [4.78, 5) is 35.5. The van der Waals surface area contributed by atoms with Crippen LogP contribution >= 0.6 is 0 Å². The molecular weight excluding hydrogens is 340 g/mol. The van der Waals surface area contributed by atoms with Crippen LogP contribution < -0.4 is 16.4 Å². The SMILES string of the molecule is NCC(=O)NC(C(=O)N[C@H]1CN(S(=O)(=O)O)C1=O)c1ccccc1. The molecule has 130 valence electrons. The molecule has 1 aliphatic rings. The van der Waals surface area contributed by atoms with E-state index in [1.54, 1.807) is 30.3 Å². The van der Waals surface area contributed by atoms with E-state index in [1.165, 1.54) is 0 Å². The molecular formula is C13H16N4O6S. The molecule has 0 spiro atoms. The van der Waals surface area contributed by atoms with E-state index in [0.29, 0.717) is 5.56 Å². The molecule has 0 radical (unpaired) electrons. The second-order valence-corrected chi connectivity index (χ2v) is 6.36. The number of benzene rings is 1. The number of nitrogens with one attached hydrogen (secondary N) is 2. The molecule has 5 N–H and O–H groups in total. The van der Waals surface area contributed by atoms with Crippen molar-refractivity contribution in [2.24, 2.45) is 5.73 Å². The fourth-order valence-corrected chi connectivity index (χ4v) is 2.82. The van der Waals surface area contributed by atoms with Crippen LogP contribution in [0.2, 0.25) is 0 Å². The number of amides is 3. The molecule has 11 heteroatoms. The topological polar surface area (TPSA) is 159 Å². The van der Waals surface area contributed by atoms with Crippen molar-refractivity contribution in [3.05, 3.63) is 35.9 Å². The third-order valence-electron chi connectivity index (χ3n) is 3.37. The second kappa shape index (κ2) is 6.95. The molecule has 0 bridgehead atoms. The monoisotopic (exact) mass is 356 g/mol. The van der Waals surface area contributed by atoms with Gasteiger partial charge < -0.3 is 16.4 Å². The van der Waals surface area contributed by atoms with Crippen molar-refractivity contribution in [1.82, 2.24) is 14.9 Å². The zero-order valence-electron chi connectivity index (χ0n) is 12.4. The summed E-state index contributed by atoms with van der Waals surface area (Å²) in [5.41, 5.74) is 5.69. The molecule has 10 nitrogen and oxygen atoms in total. The summed E-state index contributed by atoms with van der Waals surface area (Å²) in [7, 11) is -4.63. The molecule has 1 unspecified atom stereocenters. The van der Waals surface area contributed by atoms with Crippen LogP contribution in [0.4, 0.5) is 0 Å². The van der Waals surface area contributed by atoms with Gasteiger partial charge in [0.15, 0.2) is 0 Å². The van der Waals surface area contributed by atoms with E-state index in [2.05, 4.69) is 10.6 Å². The summed E-state index contributed by atoms with van der Waals surface area (Å²) in [6.45, 7) is -0.703. The first-order valence-corrected chi connectivity index (χ1v) is 8.27. The molecule has 1 heterocycles. The lowest BCUT2D eigenvalue weighted by molar-refractivity contribution is -0.141. The van der Waals surface area contributed by atoms with Gasteiger partial charge in [0.1, 0.15) is 12.1 Å². The van der Waals surface area contributed by atoms with E-state index < -0.39 is 40.1 Å². The van der Waals surface area contributed by atoms with Crippen LogP contribution in [0.15, 0.2) is 30.3 Å².